The highest BCUT2D eigenvalue weighted by molar-refractivity contribution is 7.15. The summed E-state index contributed by atoms with van der Waals surface area (Å²) in [5.74, 6) is 0.367. The van der Waals surface area contributed by atoms with Crippen LogP contribution < -0.4 is 15.4 Å². The number of carbonyl (C=O) groups is 1. The lowest BCUT2D eigenvalue weighted by Gasteiger charge is -2.07. The molecule has 0 spiro atoms. The highest BCUT2D eigenvalue weighted by Gasteiger charge is 2.08. The first-order valence-electron chi connectivity index (χ1n) is 8.58. The van der Waals surface area contributed by atoms with E-state index in [1.165, 1.54) is 23.5 Å². The number of hydrogen-bond acceptors (Lipinski definition) is 5. The molecule has 0 radical (unpaired) electrons. The largest absolute Gasteiger partial charge is 0.494 e. The van der Waals surface area contributed by atoms with Gasteiger partial charge in [-0.05, 0) is 48.9 Å². The maximum absolute atomic E-state index is 13.0. The van der Waals surface area contributed by atoms with Crippen LogP contribution in [0.15, 0.2) is 54.7 Å². The molecule has 1 heterocycles. The molecule has 0 bridgehead atoms. The zero-order valence-corrected chi connectivity index (χ0v) is 15.7. The zero-order valence-electron chi connectivity index (χ0n) is 14.9. The molecule has 0 saturated carbocycles. The van der Waals surface area contributed by atoms with Gasteiger partial charge >= 0.3 is 0 Å². The van der Waals surface area contributed by atoms with E-state index in [4.69, 9.17) is 4.74 Å². The maximum Gasteiger partial charge on any atom is 0.245 e. The molecule has 0 fully saturated rings. The first-order valence-corrected chi connectivity index (χ1v) is 9.40. The Hall–Kier alpha value is -2.93. The van der Waals surface area contributed by atoms with Crippen molar-refractivity contribution in [1.29, 1.82) is 0 Å². The summed E-state index contributed by atoms with van der Waals surface area (Å²) >= 11 is 1.41. The van der Waals surface area contributed by atoms with Crippen molar-refractivity contribution in [3.05, 3.63) is 71.0 Å². The van der Waals surface area contributed by atoms with Crippen molar-refractivity contribution in [2.45, 2.75) is 13.3 Å². The van der Waals surface area contributed by atoms with Gasteiger partial charge in [-0.15, -0.1) is 11.3 Å². The molecule has 0 atom stereocenters. The number of benzene rings is 2. The number of carbonyl (C=O) groups excluding carboxylic acids is 1. The molecule has 140 valence electrons. The third-order valence-corrected chi connectivity index (χ3v) is 4.62. The molecule has 0 saturated heterocycles. The highest BCUT2D eigenvalue weighted by Crippen LogP contribution is 2.21. The number of hydrogen-bond donors (Lipinski definition) is 2. The van der Waals surface area contributed by atoms with Crippen LogP contribution in [0, 0.1) is 5.82 Å². The number of nitrogens with zero attached hydrogens (tertiary/aromatic N) is 1. The Morgan fingerprint density at radius 1 is 1.15 bits per heavy atom. The van der Waals surface area contributed by atoms with Crippen molar-refractivity contribution in [3.63, 3.8) is 0 Å². The molecule has 5 nitrogen and oxygen atoms in total. The number of thiazole rings is 1. The van der Waals surface area contributed by atoms with Gasteiger partial charge in [0.05, 0.1) is 13.2 Å². The van der Waals surface area contributed by atoms with E-state index in [2.05, 4.69) is 15.6 Å². The Labute approximate surface area is 161 Å². The van der Waals surface area contributed by atoms with Crippen LogP contribution in [0.5, 0.6) is 5.75 Å². The molecule has 2 aromatic carbocycles. The summed E-state index contributed by atoms with van der Waals surface area (Å²) in [6.45, 7) is 2.69. The Morgan fingerprint density at radius 2 is 1.89 bits per heavy atom. The second kappa shape index (κ2) is 9.14. The lowest BCUT2D eigenvalue weighted by molar-refractivity contribution is -0.114. The SMILES string of the molecule is CCOc1ccc(NCC(=O)Nc2ncc(Cc3ccc(F)cc3)s2)cc1. The highest BCUT2D eigenvalue weighted by atomic mass is 32.1. The molecule has 0 aliphatic rings. The Morgan fingerprint density at radius 3 is 2.59 bits per heavy atom. The standard InChI is InChI=1S/C20H20FN3O2S/c1-2-26-17-9-7-16(8-10-17)22-13-19(25)24-20-23-12-18(27-20)11-14-3-5-15(21)6-4-14/h3-10,12,22H,2,11,13H2,1H3,(H,23,24,25). The van der Waals surface area contributed by atoms with Crippen molar-refractivity contribution in [1.82, 2.24) is 4.98 Å². The van der Waals surface area contributed by atoms with Gasteiger partial charge in [0.25, 0.3) is 0 Å². The fourth-order valence-corrected chi connectivity index (χ4v) is 3.29. The molecule has 3 aromatic rings. The van der Waals surface area contributed by atoms with E-state index in [1.54, 1.807) is 18.3 Å². The fraction of sp³-hybridized carbons (Fsp3) is 0.200. The molecule has 2 N–H and O–H groups in total. The predicted octanol–water partition coefficient (Wildman–Crippen LogP) is 4.32. The Balaban J connectivity index is 1.48. The normalized spacial score (nSPS) is 10.4. The van der Waals surface area contributed by atoms with Crippen LogP contribution in [-0.2, 0) is 11.2 Å². The molecule has 27 heavy (non-hydrogen) atoms. The summed E-state index contributed by atoms with van der Waals surface area (Å²) in [6.07, 6.45) is 2.38. The van der Waals surface area contributed by atoms with Gasteiger partial charge in [-0.25, -0.2) is 9.37 Å². The van der Waals surface area contributed by atoms with E-state index in [9.17, 15) is 9.18 Å². The quantitative estimate of drug-likeness (QED) is 0.606. The van der Waals surface area contributed by atoms with Gasteiger partial charge < -0.3 is 15.4 Å². The number of aromatic nitrogens is 1. The number of nitrogens with one attached hydrogen (secondary N) is 2. The van der Waals surface area contributed by atoms with E-state index in [-0.39, 0.29) is 18.3 Å². The first kappa shape index (κ1) is 18.8. The van der Waals surface area contributed by atoms with Crippen molar-refractivity contribution in [2.24, 2.45) is 0 Å². The van der Waals surface area contributed by atoms with E-state index in [0.29, 0.717) is 18.2 Å². The van der Waals surface area contributed by atoms with Crippen molar-refractivity contribution in [3.8, 4) is 5.75 Å². The summed E-state index contributed by atoms with van der Waals surface area (Å²) in [5.41, 5.74) is 1.83. The van der Waals surface area contributed by atoms with Crippen molar-refractivity contribution in [2.75, 3.05) is 23.8 Å². The molecule has 3 rings (SSSR count). The third-order valence-electron chi connectivity index (χ3n) is 3.71. The van der Waals surface area contributed by atoms with Crippen LogP contribution >= 0.6 is 11.3 Å². The first-order chi connectivity index (χ1) is 13.1. The summed E-state index contributed by atoms with van der Waals surface area (Å²) in [5, 5.41) is 6.39. The predicted molar refractivity (Wildman–Crippen MR) is 106 cm³/mol. The van der Waals surface area contributed by atoms with Crippen LogP contribution in [0.4, 0.5) is 15.2 Å². The number of halogens is 1. The third kappa shape index (κ3) is 5.79. The lowest BCUT2D eigenvalue weighted by atomic mass is 10.1. The average Bonchev–Trinajstić information content (AvgIpc) is 3.10. The van der Waals surface area contributed by atoms with Gasteiger partial charge in [-0.3, -0.25) is 4.79 Å². The second-order valence-corrected chi connectivity index (χ2v) is 6.91. The number of amides is 1. The van der Waals surface area contributed by atoms with Gasteiger partial charge in [-0.1, -0.05) is 12.1 Å². The van der Waals surface area contributed by atoms with Crippen LogP contribution in [0.25, 0.3) is 0 Å². The Bertz CT molecular complexity index is 879. The van der Waals surface area contributed by atoms with Crippen LogP contribution in [0.1, 0.15) is 17.4 Å². The molecular weight excluding hydrogens is 365 g/mol. The lowest BCUT2D eigenvalue weighted by Crippen LogP contribution is -2.21. The summed E-state index contributed by atoms with van der Waals surface area (Å²) in [6, 6.07) is 13.8. The van der Waals surface area contributed by atoms with Crippen LogP contribution in [0.2, 0.25) is 0 Å². The van der Waals surface area contributed by atoms with E-state index in [1.807, 2.05) is 31.2 Å². The maximum atomic E-state index is 13.0. The molecular formula is C20H20FN3O2S. The minimum atomic E-state index is -0.254. The summed E-state index contributed by atoms with van der Waals surface area (Å²) in [7, 11) is 0. The molecule has 7 heteroatoms. The van der Waals surface area contributed by atoms with E-state index < -0.39 is 0 Å². The monoisotopic (exact) mass is 385 g/mol. The van der Waals surface area contributed by atoms with Gasteiger partial charge in [0.1, 0.15) is 11.6 Å². The summed E-state index contributed by atoms with van der Waals surface area (Å²) < 4.78 is 18.3. The van der Waals surface area contributed by atoms with Crippen molar-refractivity contribution < 1.29 is 13.9 Å². The van der Waals surface area contributed by atoms with E-state index in [0.717, 1.165) is 21.9 Å². The van der Waals surface area contributed by atoms with Crippen molar-refractivity contribution >= 4 is 28.1 Å². The average molecular weight is 385 g/mol. The van der Waals surface area contributed by atoms with Gasteiger partial charge in [0.15, 0.2) is 5.13 Å². The minimum absolute atomic E-state index is 0.140. The number of rotatable bonds is 8. The second-order valence-electron chi connectivity index (χ2n) is 5.79. The fourth-order valence-electron chi connectivity index (χ4n) is 2.43. The topological polar surface area (TPSA) is 63.2 Å². The Kier molecular flexibility index (Phi) is 6.38. The van der Waals surface area contributed by atoms with E-state index >= 15 is 0 Å². The van der Waals surface area contributed by atoms with Crippen LogP contribution in [-0.4, -0.2) is 24.0 Å². The number of ether oxygens (including phenoxy) is 1. The molecule has 0 unspecified atom stereocenters. The van der Waals surface area contributed by atoms with Gasteiger partial charge in [0, 0.05) is 23.2 Å². The minimum Gasteiger partial charge on any atom is -0.494 e. The zero-order chi connectivity index (χ0) is 19.1. The summed E-state index contributed by atoms with van der Waals surface area (Å²) in [4.78, 5) is 17.3. The number of anilines is 2. The van der Waals surface area contributed by atoms with Gasteiger partial charge in [-0.2, -0.15) is 0 Å². The van der Waals surface area contributed by atoms with Crippen LogP contribution in [0.3, 0.4) is 0 Å². The van der Waals surface area contributed by atoms with Gasteiger partial charge in [0.2, 0.25) is 5.91 Å². The smallest absolute Gasteiger partial charge is 0.245 e. The molecule has 0 aliphatic carbocycles. The molecule has 1 aromatic heterocycles. The molecule has 0 aliphatic heterocycles. The molecule has 1 amide bonds.